The first-order chi connectivity index (χ1) is 12.9. The fourth-order valence-electron chi connectivity index (χ4n) is 3.24. The van der Waals surface area contributed by atoms with Crippen LogP contribution >= 0.6 is 11.3 Å². The van der Waals surface area contributed by atoms with Crippen LogP contribution in [0.4, 0.5) is 9.93 Å². The van der Waals surface area contributed by atoms with Gasteiger partial charge in [-0.05, 0) is 38.8 Å². The lowest BCUT2D eigenvalue weighted by Crippen LogP contribution is -2.31. The molecule has 2 amide bonds. The van der Waals surface area contributed by atoms with Crippen molar-refractivity contribution in [3.05, 3.63) is 29.3 Å². The van der Waals surface area contributed by atoms with Gasteiger partial charge in [-0.25, -0.2) is 9.78 Å². The first kappa shape index (κ1) is 19.2. The predicted molar refractivity (Wildman–Crippen MR) is 102 cm³/mol. The number of pyridine rings is 1. The fraction of sp³-hybridized carbons (Fsp3) is 0.444. The second-order valence-corrected chi connectivity index (χ2v) is 7.48. The van der Waals surface area contributed by atoms with Crippen LogP contribution in [-0.4, -0.2) is 45.8 Å². The lowest BCUT2D eigenvalue weighted by atomic mass is 9.89. The average molecular weight is 390 g/mol. The average Bonchev–Trinajstić information content (AvgIpc) is 3.08. The van der Waals surface area contributed by atoms with Gasteiger partial charge in [-0.3, -0.25) is 9.78 Å². The first-order valence-corrected chi connectivity index (χ1v) is 9.63. The van der Waals surface area contributed by atoms with Crippen molar-refractivity contribution in [1.82, 2.24) is 15.3 Å². The Morgan fingerprint density at radius 1 is 1.22 bits per heavy atom. The zero-order valence-corrected chi connectivity index (χ0v) is 16.0. The smallest absolute Gasteiger partial charge is 0.405 e. The standard InChI is InChI=1S/C18H22N4O4S/c1-10-6-12(7-11(2)26-10)13-4-3-5-14(20-13)15-9-27-17(21-15)22-16(23)8-19-18(24)25/h3-5,9-12,19H,6-8H2,1-2H3,(H,24,25)(H,21,22,23)/t10-,11+,12?. The molecule has 2 aromatic rings. The number of amides is 2. The Hall–Kier alpha value is -2.52. The Kier molecular flexibility index (Phi) is 6.02. The van der Waals surface area contributed by atoms with Crippen molar-refractivity contribution in [1.29, 1.82) is 0 Å². The monoisotopic (exact) mass is 390 g/mol. The molecule has 27 heavy (non-hydrogen) atoms. The van der Waals surface area contributed by atoms with Gasteiger partial charge < -0.3 is 20.5 Å². The second kappa shape index (κ2) is 8.45. The SMILES string of the molecule is C[C@@H]1CC(c2cccc(-c3csc(NC(=O)CNC(=O)O)n3)n2)C[C@H](C)O1. The van der Waals surface area contributed by atoms with Gasteiger partial charge in [0.05, 0.1) is 17.9 Å². The highest BCUT2D eigenvalue weighted by Gasteiger charge is 2.26. The molecule has 3 rings (SSSR count). The number of carboxylic acid groups (broad SMARTS) is 1. The molecule has 1 aliphatic heterocycles. The number of carbonyl (C=O) groups excluding carboxylic acids is 1. The molecule has 1 fully saturated rings. The van der Waals surface area contributed by atoms with Crippen LogP contribution < -0.4 is 10.6 Å². The van der Waals surface area contributed by atoms with E-state index < -0.39 is 12.0 Å². The van der Waals surface area contributed by atoms with E-state index in [2.05, 4.69) is 24.1 Å². The Bertz CT molecular complexity index is 815. The molecule has 144 valence electrons. The summed E-state index contributed by atoms with van der Waals surface area (Å²) in [5.41, 5.74) is 2.45. The van der Waals surface area contributed by atoms with Crippen LogP contribution in [0.1, 0.15) is 38.3 Å². The summed E-state index contributed by atoms with van der Waals surface area (Å²) in [7, 11) is 0. The summed E-state index contributed by atoms with van der Waals surface area (Å²) in [5.74, 6) is -0.117. The molecule has 0 aromatic carbocycles. The van der Waals surface area contributed by atoms with Gasteiger partial charge in [0.2, 0.25) is 5.91 Å². The van der Waals surface area contributed by atoms with Crippen molar-refractivity contribution in [2.45, 2.75) is 44.8 Å². The molecule has 0 bridgehead atoms. The molecule has 2 aromatic heterocycles. The van der Waals surface area contributed by atoms with Crippen molar-refractivity contribution in [2.24, 2.45) is 0 Å². The molecule has 8 nitrogen and oxygen atoms in total. The Labute approximate surface area is 161 Å². The van der Waals surface area contributed by atoms with Gasteiger partial charge in [-0.1, -0.05) is 6.07 Å². The molecule has 3 atom stereocenters. The summed E-state index contributed by atoms with van der Waals surface area (Å²) in [6.45, 7) is 3.85. The molecule has 1 unspecified atom stereocenters. The van der Waals surface area contributed by atoms with E-state index in [-0.39, 0.29) is 18.8 Å². The number of carbonyl (C=O) groups is 2. The third-order valence-electron chi connectivity index (χ3n) is 4.30. The Morgan fingerprint density at radius 2 is 1.96 bits per heavy atom. The predicted octanol–water partition coefficient (Wildman–Crippen LogP) is 3.08. The summed E-state index contributed by atoms with van der Waals surface area (Å²) in [4.78, 5) is 31.3. The molecule has 0 saturated carbocycles. The lowest BCUT2D eigenvalue weighted by molar-refractivity contribution is -0.115. The van der Waals surface area contributed by atoms with E-state index in [4.69, 9.17) is 14.8 Å². The molecule has 3 N–H and O–H groups in total. The maximum atomic E-state index is 11.7. The molecule has 0 radical (unpaired) electrons. The number of hydrogen-bond acceptors (Lipinski definition) is 6. The molecule has 1 saturated heterocycles. The van der Waals surface area contributed by atoms with Crippen molar-refractivity contribution in [3.63, 3.8) is 0 Å². The Morgan fingerprint density at radius 3 is 2.67 bits per heavy atom. The highest BCUT2D eigenvalue weighted by molar-refractivity contribution is 7.14. The minimum absolute atomic E-state index is 0.213. The van der Waals surface area contributed by atoms with Gasteiger partial charge in [0.25, 0.3) is 0 Å². The molecule has 3 heterocycles. The van der Waals surface area contributed by atoms with Crippen LogP contribution in [0.3, 0.4) is 0 Å². The number of thiazole rings is 1. The molecule has 9 heteroatoms. The summed E-state index contributed by atoms with van der Waals surface area (Å²) in [6, 6.07) is 5.89. The van der Waals surface area contributed by atoms with E-state index in [0.29, 0.717) is 16.7 Å². The van der Waals surface area contributed by atoms with E-state index in [0.717, 1.165) is 24.2 Å². The third kappa shape index (κ3) is 5.24. The topological polar surface area (TPSA) is 113 Å². The summed E-state index contributed by atoms with van der Waals surface area (Å²) >= 11 is 1.27. The zero-order chi connectivity index (χ0) is 19.4. The minimum Gasteiger partial charge on any atom is -0.465 e. The molecule has 1 aliphatic rings. The van der Waals surface area contributed by atoms with Crippen LogP contribution in [-0.2, 0) is 9.53 Å². The van der Waals surface area contributed by atoms with E-state index in [9.17, 15) is 9.59 Å². The number of aromatic nitrogens is 2. The lowest BCUT2D eigenvalue weighted by Gasteiger charge is -2.31. The number of ether oxygens (including phenoxy) is 1. The van der Waals surface area contributed by atoms with Gasteiger partial charge >= 0.3 is 6.09 Å². The molecule has 0 spiro atoms. The zero-order valence-electron chi connectivity index (χ0n) is 15.1. The van der Waals surface area contributed by atoms with Gasteiger partial charge in [0.15, 0.2) is 5.13 Å². The van der Waals surface area contributed by atoms with Crippen LogP contribution in [0.25, 0.3) is 11.4 Å². The maximum absolute atomic E-state index is 11.7. The quantitative estimate of drug-likeness (QED) is 0.723. The largest absolute Gasteiger partial charge is 0.465 e. The van der Waals surface area contributed by atoms with Crippen LogP contribution in [0.5, 0.6) is 0 Å². The van der Waals surface area contributed by atoms with Crippen molar-refractivity contribution in [2.75, 3.05) is 11.9 Å². The van der Waals surface area contributed by atoms with E-state index >= 15 is 0 Å². The van der Waals surface area contributed by atoms with E-state index in [1.165, 1.54) is 11.3 Å². The number of nitrogens with one attached hydrogen (secondary N) is 2. The number of anilines is 1. The second-order valence-electron chi connectivity index (χ2n) is 6.62. The fourth-order valence-corrected chi connectivity index (χ4v) is 3.96. The number of hydrogen-bond donors (Lipinski definition) is 3. The summed E-state index contributed by atoms with van der Waals surface area (Å²) in [6.07, 6.45) is 1.06. The van der Waals surface area contributed by atoms with Crippen molar-refractivity contribution < 1.29 is 19.4 Å². The normalized spacial score (nSPS) is 22.2. The van der Waals surface area contributed by atoms with Crippen molar-refractivity contribution in [3.8, 4) is 11.4 Å². The van der Waals surface area contributed by atoms with E-state index in [1.54, 1.807) is 0 Å². The molecule has 0 aliphatic carbocycles. The summed E-state index contributed by atoms with van der Waals surface area (Å²) in [5, 5.41) is 15.3. The maximum Gasteiger partial charge on any atom is 0.405 e. The van der Waals surface area contributed by atoms with Gasteiger partial charge in [0, 0.05) is 17.0 Å². The van der Waals surface area contributed by atoms with Gasteiger partial charge in [-0.15, -0.1) is 11.3 Å². The Balaban J connectivity index is 1.69. The summed E-state index contributed by atoms with van der Waals surface area (Å²) < 4.78 is 5.81. The molecular formula is C18H22N4O4S. The van der Waals surface area contributed by atoms with Gasteiger partial charge in [0.1, 0.15) is 12.2 Å². The van der Waals surface area contributed by atoms with Crippen LogP contribution in [0.15, 0.2) is 23.6 Å². The first-order valence-electron chi connectivity index (χ1n) is 8.75. The van der Waals surface area contributed by atoms with Crippen molar-refractivity contribution >= 4 is 28.5 Å². The third-order valence-corrected chi connectivity index (χ3v) is 5.06. The highest BCUT2D eigenvalue weighted by Crippen LogP contribution is 2.33. The van der Waals surface area contributed by atoms with Gasteiger partial charge in [-0.2, -0.15) is 0 Å². The van der Waals surface area contributed by atoms with Crippen LogP contribution in [0.2, 0.25) is 0 Å². The highest BCUT2D eigenvalue weighted by atomic mass is 32.1. The number of nitrogens with zero attached hydrogens (tertiary/aromatic N) is 2. The minimum atomic E-state index is -1.25. The number of rotatable bonds is 5. The van der Waals surface area contributed by atoms with E-state index in [1.807, 2.05) is 28.9 Å². The van der Waals surface area contributed by atoms with Crippen LogP contribution in [0, 0.1) is 0 Å². The molecular weight excluding hydrogens is 368 g/mol.